The second-order valence-corrected chi connectivity index (χ2v) is 9.09. The van der Waals surface area contributed by atoms with Gasteiger partial charge in [-0.1, -0.05) is 12.1 Å². The summed E-state index contributed by atoms with van der Waals surface area (Å²) >= 11 is 0. The first-order valence-corrected chi connectivity index (χ1v) is 11.2. The first kappa shape index (κ1) is 21.2. The second-order valence-electron chi connectivity index (χ2n) is 9.09. The lowest BCUT2D eigenvalue weighted by Crippen LogP contribution is -2.77. The van der Waals surface area contributed by atoms with Crippen molar-refractivity contribution in [3.8, 4) is 11.5 Å². The minimum Gasteiger partial charge on any atom is -0.482 e. The number of ether oxygens (including phenoxy) is 5. The molecule has 4 aliphatic rings. The van der Waals surface area contributed by atoms with Crippen LogP contribution in [0.2, 0.25) is 0 Å². The van der Waals surface area contributed by atoms with Gasteiger partial charge in [-0.3, -0.25) is 4.90 Å². The summed E-state index contributed by atoms with van der Waals surface area (Å²) in [5.41, 5.74) is 1.03. The molecule has 5 rings (SSSR count). The largest absolute Gasteiger partial charge is 0.482 e. The Balaban J connectivity index is 1.55. The van der Waals surface area contributed by atoms with E-state index in [4.69, 9.17) is 23.7 Å². The van der Waals surface area contributed by atoms with Crippen molar-refractivity contribution in [1.82, 2.24) is 4.90 Å². The lowest BCUT2D eigenvalue weighted by atomic mass is 9.48. The Morgan fingerprint density at radius 2 is 2.16 bits per heavy atom. The van der Waals surface area contributed by atoms with Gasteiger partial charge in [0.15, 0.2) is 18.3 Å². The average Bonchev–Trinajstić information content (AvgIpc) is 3.12. The number of benzene rings is 1. The zero-order valence-corrected chi connectivity index (χ0v) is 18.5. The van der Waals surface area contributed by atoms with Crippen LogP contribution in [0.3, 0.4) is 0 Å². The van der Waals surface area contributed by atoms with Gasteiger partial charge in [0, 0.05) is 32.4 Å². The number of piperidine rings is 1. The molecule has 2 heterocycles. The van der Waals surface area contributed by atoms with E-state index < -0.39 is 11.0 Å². The second kappa shape index (κ2) is 8.05. The van der Waals surface area contributed by atoms with Gasteiger partial charge in [0.25, 0.3) is 0 Å². The third-order valence-corrected chi connectivity index (χ3v) is 7.90. The van der Waals surface area contributed by atoms with Crippen LogP contribution in [0.25, 0.3) is 0 Å². The molecule has 170 valence electrons. The molecule has 5 atom stereocenters. The van der Waals surface area contributed by atoms with Crippen LogP contribution in [-0.4, -0.2) is 81.2 Å². The molecule has 1 saturated heterocycles. The molecule has 2 fully saturated rings. The van der Waals surface area contributed by atoms with E-state index in [2.05, 4.69) is 17.5 Å². The van der Waals surface area contributed by atoms with Crippen molar-refractivity contribution in [2.75, 3.05) is 47.3 Å². The fraction of sp³-hybridized carbons (Fsp3) is 0.667. The van der Waals surface area contributed by atoms with Gasteiger partial charge in [-0.2, -0.15) is 0 Å². The molecule has 1 spiro atoms. The first-order valence-electron chi connectivity index (χ1n) is 11.2. The SMILES string of the molecule is C=CCN1CC[C@]23c4c5ccc(OCOCCOC)c4O[C@H]2C(OC)CC[C@@]3(O)C1C5. The van der Waals surface area contributed by atoms with Gasteiger partial charge in [-0.15, -0.1) is 6.58 Å². The van der Waals surface area contributed by atoms with Gasteiger partial charge >= 0.3 is 0 Å². The normalized spacial score (nSPS) is 35.4. The number of rotatable bonds is 9. The van der Waals surface area contributed by atoms with Crippen LogP contribution in [0.4, 0.5) is 0 Å². The van der Waals surface area contributed by atoms with E-state index in [1.165, 1.54) is 5.56 Å². The molecule has 1 aromatic rings. The molecular weight excluding hydrogens is 398 g/mol. The Morgan fingerprint density at radius 1 is 1.29 bits per heavy atom. The quantitative estimate of drug-likeness (QED) is 0.365. The number of aliphatic hydroxyl groups is 1. The predicted octanol–water partition coefficient (Wildman–Crippen LogP) is 2.04. The average molecular weight is 432 g/mol. The van der Waals surface area contributed by atoms with E-state index in [-0.39, 0.29) is 25.0 Å². The maximum absolute atomic E-state index is 12.3. The van der Waals surface area contributed by atoms with Crippen LogP contribution in [0, 0.1) is 0 Å². The van der Waals surface area contributed by atoms with E-state index in [9.17, 15) is 5.11 Å². The van der Waals surface area contributed by atoms with Crippen molar-refractivity contribution in [2.24, 2.45) is 0 Å². The fourth-order valence-electron chi connectivity index (χ4n) is 6.62. The highest BCUT2D eigenvalue weighted by atomic mass is 16.7. The van der Waals surface area contributed by atoms with Crippen molar-refractivity contribution >= 4 is 0 Å². The molecule has 7 nitrogen and oxygen atoms in total. The smallest absolute Gasteiger partial charge is 0.189 e. The summed E-state index contributed by atoms with van der Waals surface area (Å²) in [7, 11) is 3.39. The molecule has 1 saturated carbocycles. The van der Waals surface area contributed by atoms with Crippen molar-refractivity contribution in [2.45, 2.75) is 54.9 Å². The van der Waals surface area contributed by atoms with Crippen LogP contribution < -0.4 is 9.47 Å². The van der Waals surface area contributed by atoms with Gasteiger partial charge < -0.3 is 28.8 Å². The van der Waals surface area contributed by atoms with E-state index in [1.54, 1.807) is 14.2 Å². The maximum atomic E-state index is 12.3. The summed E-state index contributed by atoms with van der Waals surface area (Å²) in [5, 5.41) is 12.3. The summed E-state index contributed by atoms with van der Waals surface area (Å²) in [5.74, 6) is 1.43. The zero-order valence-electron chi connectivity index (χ0n) is 18.5. The molecule has 0 radical (unpaired) electrons. The van der Waals surface area contributed by atoms with Crippen LogP contribution >= 0.6 is 0 Å². The number of nitrogens with zero attached hydrogens (tertiary/aromatic N) is 1. The summed E-state index contributed by atoms with van der Waals surface area (Å²) < 4.78 is 29.0. The number of hydrogen-bond acceptors (Lipinski definition) is 7. The van der Waals surface area contributed by atoms with Crippen molar-refractivity contribution in [3.63, 3.8) is 0 Å². The number of methoxy groups -OCH3 is 2. The maximum Gasteiger partial charge on any atom is 0.189 e. The Labute approximate surface area is 183 Å². The summed E-state index contributed by atoms with van der Waals surface area (Å²) in [6.45, 7) is 6.74. The topological polar surface area (TPSA) is 69.6 Å². The van der Waals surface area contributed by atoms with Crippen molar-refractivity contribution < 1.29 is 28.8 Å². The predicted molar refractivity (Wildman–Crippen MR) is 115 cm³/mol. The molecule has 0 amide bonds. The minimum atomic E-state index is -0.861. The molecule has 31 heavy (non-hydrogen) atoms. The lowest BCUT2D eigenvalue weighted by molar-refractivity contribution is -0.210. The molecule has 1 aromatic carbocycles. The first-order chi connectivity index (χ1) is 15.1. The van der Waals surface area contributed by atoms with E-state index in [1.807, 2.05) is 12.1 Å². The standard InChI is InChI=1S/C24H33NO6/c1-4-10-25-11-9-23-20-16-5-6-17(30-15-29-13-12-27-2)21(20)31-22(23)18(28-3)7-8-24(23,26)19(25)14-16/h4-6,18-19,22,26H,1,7-15H2,2-3H3/t18?,19?,22-,23-,24+/m0/s1. The Bertz CT molecular complexity index is 846. The molecule has 0 aromatic heterocycles. The lowest BCUT2D eigenvalue weighted by Gasteiger charge is -2.63. The van der Waals surface area contributed by atoms with Gasteiger partial charge in [-0.25, -0.2) is 0 Å². The van der Waals surface area contributed by atoms with Crippen LogP contribution in [0.15, 0.2) is 24.8 Å². The summed E-state index contributed by atoms with van der Waals surface area (Å²) in [6.07, 6.45) is 4.75. The minimum absolute atomic E-state index is 0.0470. The van der Waals surface area contributed by atoms with E-state index in [0.717, 1.165) is 43.7 Å². The summed E-state index contributed by atoms with van der Waals surface area (Å²) in [4.78, 5) is 2.39. The van der Waals surface area contributed by atoms with Gasteiger partial charge in [-0.05, 0) is 43.9 Å². The van der Waals surface area contributed by atoms with Crippen LogP contribution in [0.5, 0.6) is 11.5 Å². The molecule has 2 bridgehead atoms. The van der Waals surface area contributed by atoms with E-state index in [0.29, 0.717) is 25.4 Å². The fourth-order valence-corrected chi connectivity index (χ4v) is 6.62. The van der Waals surface area contributed by atoms with Crippen molar-refractivity contribution in [3.05, 3.63) is 35.9 Å². The highest BCUT2D eigenvalue weighted by Crippen LogP contribution is 2.65. The highest BCUT2D eigenvalue weighted by Gasteiger charge is 2.73. The van der Waals surface area contributed by atoms with Gasteiger partial charge in [0.05, 0.1) is 30.3 Å². The van der Waals surface area contributed by atoms with Crippen LogP contribution in [-0.2, 0) is 26.0 Å². The molecule has 2 aliphatic heterocycles. The van der Waals surface area contributed by atoms with Gasteiger partial charge in [0.1, 0.15) is 6.10 Å². The Kier molecular flexibility index (Phi) is 5.51. The monoisotopic (exact) mass is 431 g/mol. The molecule has 2 unspecified atom stereocenters. The van der Waals surface area contributed by atoms with E-state index >= 15 is 0 Å². The third-order valence-electron chi connectivity index (χ3n) is 7.90. The summed E-state index contributed by atoms with van der Waals surface area (Å²) in [6, 6.07) is 4.16. The molecule has 2 aliphatic carbocycles. The Morgan fingerprint density at radius 3 is 2.94 bits per heavy atom. The Hall–Kier alpha value is -1.64. The van der Waals surface area contributed by atoms with Gasteiger partial charge in [0.2, 0.25) is 0 Å². The van der Waals surface area contributed by atoms with Crippen molar-refractivity contribution in [1.29, 1.82) is 0 Å². The van der Waals surface area contributed by atoms with Crippen LogP contribution in [0.1, 0.15) is 30.4 Å². The number of hydrogen-bond donors (Lipinski definition) is 1. The molecule has 7 heteroatoms. The highest BCUT2D eigenvalue weighted by molar-refractivity contribution is 5.63. The molecule has 1 N–H and O–H groups in total. The zero-order chi connectivity index (χ0) is 21.6. The number of likely N-dealkylation sites (tertiary alicyclic amines) is 1. The molecular formula is C24H33NO6. The third kappa shape index (κ3) is 2.91.